The van der Waals surface area contributed by atoms with Crippen molar-refractivity contribution >= 4 is 12.0 Å². The van der Waals surface area contributed by atoms with Gasteiger partial charge in [0.2, 0.25) is 5.91 Å². The molecule has 3 rings (SSSR count). The first kappa shape index (κ1) is 21.6. The molecule has 2 aromatic rings. The zero-order valence-corrected chi connectivity index (χ0v) is 17.6. The molecule has 1 unspecified atom stereocenters. The normalized spacial score (nSPS) is 15.3. The van der Waals surface area contributed by atoms with Gasteiger partial charge in [-0.25, -0.2) is 4.79 Å². The van der Waals surface area contributed by atoms with Crippen LogP contribution >= 0.6 is 0 Å². The number of nitrogens with one attached hydrogen (secondary N) is 1. The number of hydrogen-bond donors (Lipinski definition) is 1. The summed E-state index contributed by atoms with van der Waals surface area (Å²) in [7, 11) is 0. The van der Waals surface area contributed by atoms with Crippen molar-refractivity contribution in [1.29, 1.82) is 0 Å². The Bertz CT molecular complexity index is 859. The third kappa shape index (κ3) is 5.06. The summed E-state index contributed by atoms with van der Waals surface area (Å²) in [6, 6.07) is 11.6. The van der Waals surface area contributed by atoms with Gasteiger partial charge in [0.05, 0.1) is 11.7 Å². The second-order valence-electron chi connectivity index (χ2n) is 7.63. The van der Waals surface area contributed by atoms with Crippen LogP contribution in [-0.2, 0) is 9.53 Å². The minimum Gasteiger partial charge on any atom is -0.445 e. The van der Waals surface area contributed by atoms with Crippen LogP contribution in [0.25, 0.3) is 0 Å². The lowest BCUT2D eigenvalue weighted by molar-refractivity contribution is -0.126. The zero-order chi connectivity index (χ0) is 21.5. The minimum atomic E-state index is -0.351. The smallest absolute Gasteiger partial charge is 0.410 e. The van der Waals surface area contributed by atoms with E-state index >= 15 is 0 Å². The number of nitrogens with zero attached hydrogens (tertiary/aromatic N) is 2. The molecular formula is C24H29N3O3. The fourth-order valence-electron chi connectivity index (χ4n) is 3.81. The Hall–Kier alpha value is -3.15. The SMILES string of the molecule is C=CCOC(=O)N1CCC(C(=O)NC(c2ccccc2C)c2ncccc2C)CC1. The highest BCUT2D eigenvalue weighted by Gasteiger charge is 2.30. The number of ether oxygens (including phenoxy) is 1. The zero-order valence-electron chi connectivity index (χ0n) is 17.6. The number of carbonyl (C=O) groups is 2. The largest absolute Gasteiger partial charge is 0.445 e. The molecule has 0 aliphatic carbocycles. The minimum absolute atomic E-state index is 0.00702. The van der Waals surface area contributed by atoms with Gasteiger partial charge in [0.1, 0.15) is 6.61 Å². The van der Waals surface area contributed by atoms with E-state index in [0.717, 1.165) is 22.4 Å². The lowest BCUT2D eigenvalue weighted by Crippen LogP contribution is -2.44. The standard InChI is InChI=1S/C24H29N3O3/c1-4-16-30-24(29)27-14-11-19(12-15-27)23(28)26-22(20-10-6-5-8-17(20)2)21-18(3)9-7-13-25-21/h4-10,13,19,22H,1,11-12,14-16H2,2-3H3,(H,26,28). The van der Waals surface area contributed by atoms with Crippen molar-refractivity contribution in [2.45, 2.75) is 32.7 Å². The van der Waals surface area contributed by atoms with Crippen LogP contribution in [-0.4, -0.2) is 41.6 Å². The van der Waals surface area contributed by atoms with Crippen LogP contribution in [0.4, 0.5) is 4.79 Å². The summed E-state index contributed by atoms with van der Waals surface area (Å²) >= 11 is 0. The van der Waals surface area contributed by atoms with Crippen LogP contribution in [0.5, 0.6) is 0 Å². The highest BCUT2D eigenvalue weighted by Crippen LogP contribution is 2.27. The molecule has 0 bridgehead atoms. The number of pyridine rings is 1. The molecule has 2 amide bonds. The first-order valence-electron chi connectivity index (χ1n) is 10.3. The van der Waals surface area contributed by atoms with Crippen LogP contribution in [0.1, 0.15) is 41.3 Å². The van der Waals surface area contributed by atoms with E-state index in [1.165, 1.54) is 0 Å². The summed E-state index contributed by atoms with van der Waals surface area (Å²) in [4.78, 5) is 31.4. The number of hydrogen-bond acceptors (Lipinski definition) is 4. The van der Waals surface area contributed by atoms with E-state index in [2.05, 4.69) is 16.9 Å². The van der Waals surface area contributed by atoms with Crippen molar-refractivity contribution in [3.05, 3.63) is 77.6 Å². The van der Waals surface area contributed by atoms with E-state index < -0.39 is 0 Å². The summed E-state index contributed by atoms with van der Waals surface area (Å²) < 4.78 is 5.09. The highest BCUT2D eigenvalue weighted by molar-refractivity contribution is 5.80. The maximum absolute atomic E-state index is 13.1. The third-order valence-electron chi connectivity index (χ3n) is 5.56. The van der Waals surface area contributed by atoms with Crippen LogP contribution in [0, 0.1) is 19.8 Å². The first-order valence-corrected chi connectivity index (χ1v) is 10.3. The van der Waals surface area contributed by atoms with Crippen molar-refractivity contribution in [2.24, 2.45) is 5.92 Å². The maximum atomic E-state index is 13.1. The molecule has 158 valence electrons. The molecular weight excluding hydrogens is 378 g/mol. The Morgan fingerprint density at radius 1 is 1.20 bits per heavy atom. The van der Waals surface area contributed by atoms with Gasteiger partial charge in [-0.3, -0.25) is 9.78 Å². The van der Waals surface area contributed by atoms with E-state index in [4.69, 9.17) is 4.74 Å². The fraction of sp³-hybridized carbons (Fsp3) is 0.375. The molecule has 1 saturated heterocycles. The molecule has 2 heterocycles. The number of aromatic nitrogens is 1. The summed E-state index contributed by atoms with van der Waals surface area (Å²) in [5.41, 5.74) is 4.03. The van der Waals surface area contributed by atoms with Crippen molar-refractivity contribution in [1.82, 2.24) is 15.2 Å². The molecule has 1 aromatic heterocycles. The fourth-order valence-corrected chi connectivity index (χ4v) is 3.81. The Morgan fingerprint density at radius 2 is 1.90 bits per heavy atom. The van der Waals surface area contributed by atoms with Gasteiger partial charge in [0.15, 0.2) is 0 Å². The van der Waals surface area contributed by atoms with E-state index in [1.807, 2.05) is 50.2 Å². The molecule has 6 heteroatoms. The number of carbonyl (C=O) groups excluding carboxylic acids is 2. The predicted molar refractivity (Wildman–Crippen MR) is 116 cm³/mol. The Balaban J connectivity index is 1.72. The summed E-state index contributed by atoms with van der Waals surface area (Å²) in [5, 5.41) is 3.23. The van der Waals surface area contributed by atoms with Crippen LogP contribution in [0.15, 0.2) is 55.3 Å². The summed E-state index contributed by atoms with van der Waals surface area (Å²) in [5.74, 6) is -0.156. The third-order valence-corrected chi connectivity index (χ3v) is 5.56. The number of benzene rings is 1. The van der Waals surface area contributed by atoms with Crippen LogP contribution < -0.4 is 5.32 Å². The number of likely N-dealkylation sites (tertiary alicyclic amines) is 1. The van der Waals surface area contributed by atoms with Gasteiger partial charge in [-0.15, -0.1) is 0 Å². The van der Waals surface area contributed by atoms with Crippen LogP contribution in [0.3, 0.4) is 0 Å². The van der Waals surface area contributed by atoms with Gasteiger partial charge in [-0.05, 0) is 49.4 Å². The Kier molecular flexibility index (Phi) is 7.22. The number of aryl methyl sites for hydroxylation is 2. The molecule has 0 radical (unpaired) electrons. The molecule has 1 aromatic carbocycles. The lowest BCUT2D eigenvalue weighted by Gasteiger charge is -2.32. The van der Waals surface area contributed by atoms with Crippen molar-refractivity contribution in [2.75, 3.05) is 19.7 Å². The maximum Gasteiger partial charge on any atom is 0.410 e. The van der Waals surface area contributed by atoms with Gasteiger partial charge in [-0.2, -0.15) is 0 Å². The number of rotatable bonds is 6. The molecule has 6 nitrogen and oxygen atoms in total. The monoisotopic (exact) mass is 407 g/mol. The van der Waals surface area contributed by atoms with E-state index in [1.54, 1.807) is 17.2 Å². The summed E-state index contributed by atoms with van der Waals surface area (Å²) in [6.07, 6.45) is 4.17. The molecule has 0 saturated carbocycles. The summed E-state index contributed by atoms with van der Waals surface area (Å²) in [6.45, 7) is 8.80. The quantitative estimate of drug-likeness (QED) is 0.737. The first-order chi connectivity index (χ1) is 14.5. The second-order valence-corrected chi connectivity index (χ2v) is 7.63. The van der Waals surface area contributed by atoms with E-state index in [9.17, 15) is 9.59 Å². The van der Waals surface area contributed by atoms with Gasteiger partial charge < -0.3 is 15.0 Å². The van der Waals surface area contributed by atoms with E-state index in [-0.39, 0.29) is 30.6 Å². The van der Waals surface area contributed by atoms with Gasteiger partial charge >= 0.3 is 6.09 Å². The predicted octanol–water partition coefficient (Wildman–Crippen LogP) is 3.94. The Labute approximate surface area is 178 Å². The van der Waals surface area contributed by atoms with Gasteiger partial charge in [0, 0.05) is 25.2 Å². The van der Waals surface area contributed by atoms with Crippen molar-refractivity contribution < 1.29 is 14.3 Å². The number of piperidine rings is 1. The Morgan fingerprint density at radius 3 is 2.57 bits per heavy atom. The molecule has 0 spiro atoms. The van der Waals surface area contributed by atoms with E-state index in [0.29, 0.717) is 25.9 Å². The molecule has 1 atom stereocenters. The molecule has 30 heavy (non-hydrogen) atoms. The second kappa shape index (κ2) is 10.1. The molecule has 1 fully saturated rings. The van der Waals surface area contributed by atoms with Crippen molar-refractivity contribution in [3.63, 3.8) is 0 Å². The molecule has 1 N–H and O–H groups in total. The van der Waals surface area contributed by atoms with Crippen LogP contribution in [0.2, 0.25) is 0 Å². The van der Waals surface area contributed by atoms with Gasteiger partial charge in [0.25, 0.3) is 0 Å². The van der Waals surface area contributed by atoms with Crippen molar-refractivity contribution in [3.8, 4) is 0 Å². The molecule has 1 aliphatic rings. The molecule has 1 aliphatic heterocycles. The lowest BCUT2D eigenvalue weighted by atomic mass is 9.92. The average molecular weight is 408 g/mol. The number of amides is 2. The highest BCUT2D eigenvalue weighted by atomic mass is 16.6. The topological polar surface area (TPSA) is 71.5 Å². The average Bonchev–Trinajstić information content (AvgIpc) is 2.77. The van der Waals surface area contributed by atoms with Gasteiger partial charge in [-0.1, -0.05) is 43.0 Å².